The molecule has 0 radical (unpaired) electrons. The number of benzene rings is 1. The number of carbonyl (C=O) groups is 1. The smallest absolute Gasteiger partial charge is 0.338 e. The van der Waals surface area contributed by atoms with E-state index in [1.54, 1.807) is 25.4 Å². The van der Waals surface area contributed by atoms with Gasteiger partial charge in [-0.1, -0.05) is 28.7 Å². The van der Waals surface area contributed by atoms with Crippen LogP contribution >= 0.6 is 22.6 Å². The summed E-state index contributed by atoms with van der Waals surface area (Å²) in [5.41, 5.74) is 1.21. The summed E-state index contributed by atoms with van der Waals surface area (Å²) >= 11 is 2.51. The van der Waals surface area contributed by atoms with Crippen LogP contribution in [0.4, 0.5) is 13.2 Å². The largest absolute Gasteiger partial charge is 0.416 e. The number of amides is 1. The number of halogens is 4. The molecule has 3 aromatic rings. The molecule has 0 bridgehead atoms. The highest BCUT2D eigenvalue weighted by molar-refractivity contribution is 14.1. The Morgan fingerprint density at radius 1 is 1.08 bits per heavy atom. The zero-order valence-electron chi connectivity index (χ0n) is 19.7. The summed E-state index contributed by atoms with van der Waals surface area (Å²) < 4.78 is 42.0. The van der Waals surface area contributed by atoms with Crippen molar-refractivity contribution in [3.05, 3.63) is 59.8 Å². The van der Waals surface area contributed by atoms with E-state index in [9.17, 15) is 18.0 Å². The van der Waals surface area contributed by atoms with Gasteiger partial charge in [0.15, 0.2) is 0 Å². The SMILES string of the molecule is Cc1c(C(=O)N2CCC(N3CCC[C@H]3I)CC2)c(-c2cncnc2)nn1-c1cccc(C(F)(F)F)c1. The Morgan fingerprint density at radius 3 is 2.44 bits per heavy atom. The number of rotatable bonds is 4. The molecule has 0 spiro atoms. The lowest BCUT2D eigenvalue weighted by molar-refractivity contribution is -0.137. The first-order valence-corrected chi connectivity index (χ1v) is 13.2. The van der Waals surface area contributed by atoms with E-state index in [4.69, 9.17) is 0 Å². The van der Waals surface area contributed by atoms with Gasteiger partial charge in [-0.25, -0.2) is 14.6 Å². The van der Waals surface area contributed by atoms with Crippen molar-refractivity contribution in [3.63, 3.8) is 0 Å². The molecule has 2 aliphatic rings. The molecule has 190 valence electrons. The number of hydrogen-bond donors (Lipinski definition) is 0. The molecule has 1 atom stereocenters. The van der Waals surface area contributed by atoms with Gasteiger partial charge < -0.3 is 4.90 Å². The average molecular weight is 610 g/mol. The minimum Gasteiger partial charge on any atom is -0.338 e. The van der Waals surface area contributed by atoms with Gasteiger partial charge in [-0.2, -0.15) is 18.3 Å². The Balaban J connectivity index is 1.48. The van der Waals surface area contributed by atoms with Crippen LogP contribution in [0.3, 0.4) is 0 Å². The fourth-order valence-electron chi connectivity index (χ4n) is 5.17. The van der Waals surface area contributed by atoms with Crippen LogP contribution < -0.4 is 0 Å². The van der Waals surface area contributed by atoms with Gasteiger partial charge in [0, 0.05) is 37.1 Å². The van der Waals surface area contributed by atoms with Crippen LogP contribution in [0.1, 0.15) is 47.3 Å². The van der Waals surface area contributed by atoms with Crippen LogP contribution in [0.2, 0.25) is 0 Å². The highest BCUT2D eigenvalue weighted by Gasteiger charge is 2.35. The van der Waals surface area contributed by atoms with E-state index < -0.39 is 11.7 Å². The van der Waals surface area contributed by atoms with Crippen LogP contribution in [0.15, 0.2) is 43.0 Å². The zero-order valence-corrected chi connectivity index (χ0v) is 21.9. The number of hydrogen-bond acceptors (Lipinski definition) is 5. The van der Waals surface area contributed by atoms with Crippen LogP contribution in [0, 0.1) is 6.92 Å². The zero-order chi connectivity index (χ0) is 25.4. The predicted octanol–water partition coefficient (Wildman–Crippen LogP) is 5.12. The van der Waals surface area contributed by atoms with Crippen molar-refractivity contribution < 1.29 is 18.0 Å². The van der Waals surface area contributed by atoms with Crippen molar-refractivity contribution in [2.24, 2.45) is 0 Å². The lowest BCUT2D eigenvalue weighted by Gasteiger charge is -2.38. The quantitative estimate of drug-likeness (QED) is 0.233. The molecular formula is C25H26F3IN6O. The molecule has 0 N–H and O–H groups in total. The first kappa shape index (κ1) is 25.1. The van der Waals surface area contributed by atoms with Crippen LogP contribution in [0.5, 0.6) is 0 Å². The van der Waals surface area contributed by atoms with Crippen LogP contribution in [-0.2, 0) is 6.18 Å². The van der Waals surface area contributed by atoms with Crippen molar-refractivity contribution in [1.82, 2.24) is 29.5 Å². The minimum atomic E-state index is -4.48. The Morgan fingerprint density at radius 2 is 1.81 bits per heavy atom. The third-order valence-corrected chi connectivity index (χ3v) is 8.36. The molecule has 4 heterocycles. The molecule has 1 aromatic carbocycles. The molecule has 36 heavy (non-hydrogen) atoms. The Kier molecular flexibility index (Phi) is 7.03. The average Bonchev–Trinajstić information content (AvgIpc) is 3.47. The minimum absolute atomic E-state index is 0.171. The van der Waals surface area contributed by atoms with E-state index in [2.05, 4.69) is 42.6 Å². The summed E-state index contributed by atoms with van der Waals surface area (Å²) in [5, 5.41) is 4.59. The lowest BCUT2D eigenvalue weighted by atomic mass is 10.0. The molecule has 5 rings (SSSR count). The number of aromatic nitrogens is 4. The molecule has 2 aromatic heterocycles. The Labute approximate surface area is 220 Å². The number of likely N-dealkylation sites (tertiary alicyclic amines) is 2. The molecule has 11 heteroatoms. The van der Waals surface area contributed by atoms with Gasteiger partial charge in [0.2, 0.25) is 0 Å². The second kappa shape index (κ2) is 10.1. The highest BCUT2D eigenvalue weighted by Crippen LogP contribution is 2.34. The monoisotopic (exact) mass is 610 g/mol. The van der Waals surface area contributed by atoms with E-state index in [-0.39, 0.29) is 11.6 Å². The summed E-state index contributed by atoms with van der Waals surface area (Å²) in [6, 6.07) is 5.42. The molecular weight excluding hydrogens is 584 g/mol. The molecule has 2 fully saturated rings. The number of nitrogens with zero attached hydrogens (tertiary/aromatic N) is 6. The van der Waals surface area contributed by atoms with Crippen molar-refractivity contribution >= 4 is 28.5 Å². The summed E-state index contributed by atoms with van der Waals surface area (Å²) in [5.74, 6) is -0.171. The number of carbonyl (C=O) groups excluding carboxylic acids is 1. The maximum Gasteiger partial charge on any atom is 0.416 e. The fraction of sp³-hybridized carbons (Fsp3) is 0.440. The predicted molar refractivity (Wildman–Crippen MR) is 137 cm³/mol. The second-order valence-electron chi connectivity index (χ2n) is 9.23. The van der Waals surface area contributed by atoms with E-state index in [1.165, 1.54) is 29.9 Å². The Hall–Kier alpha value is -2.54. The van der Waals surface area contributed by atoms with Gasteiger partial charge in [0.1, 0.15) is 12.0 Å². The molecule has 1 amide bonds. The molecule has 0 saturated carbocycles. The number of alkyl halides is 4. The maximum absolute atomic E-state index is 13.8. The third kappa shape index (κ3) is 4.86. The first-order chi connectivity index (χ1) is 17.2. The van der Waals surface area contributed by atoms with Gasteiger partial charge in [-0.05, 0) is 57.4 Å². The van der Waals surface area contributed by atoms with Gasteiger partial charge in [-0.15, -0.1) is 0 Å². The molecule has 0 unspecified atom stereocenters. The summed E-state index contributed by atoms with van der Waals surface area (Å²) in [4.78, 5) is 26.3. The van der Waals surface area contributed by atoms with E-state index >= 15 is 0 Å². The lowest BCUT2D eigenvalue weighted by Crippen LogP contribution is -2.47. The molecule has 2 saturated heterocycles. The van der Waals surface area contributed by atoms with Gasteiger partial charge in [-0.3, -0.25) is 9.69 Å². The van der Waals surface area contributed by atoms with Crippen molar-refractivity contribution in [2.75, 3.05) is 19.6 Å². The van der Waals surface area contributed by atoms with Crippen molar-refractivity contribution in [2.45, 2.75) is 48.9 Å². The van der Waals surface area contributed by atoms with Crippen molar-refractivity contribution in [3.8, 4) is 16.9 Å². The first-order valence-electron chi connectivity index (χ1n) is 12.0. The molecule has 7 nitrogen and oxygen atoms in total. The van der Waals surface area contributed by atoms with E-state index in [1.807, 2.05) is 4.90 Å². The highest BCUT2D eigenvalue weighted by atomic mass is 127. The Bertz CT molecular complexity index is 1240. The summed E-state index contributed by atoms with van der Waals surface area (Å²) in [6.45, 7) is 4.07. The van der Waals surface area contributed by atoms with Crippen LogP contribution in [-0.4, -0.2) is 65.2 Å². The molecule has 0 aliphatic carbocycles. The summed E-state index contributed by atoms with van der Waals surface area (Å²) in [6.07, 6.45) is 4.23. The van der Waals surface area contributed by atoms with Gasteiger partial charge in [0.25, 0.3) is 5.91 Å². The fourth-order valence-corrected chi connectivity index (χ4v) is 6.34. The third-order valence-electron chi connectivity index (χ3n) is 7.02. The van der Waals surface area contributed by atoms with E-state index in [0.717, 1.165) is 31.5 Å². The normalized spacial score (nSPS) is 19.7. The van der Waals surface area contributed by atoms with Gasteiger partial charge in [0.05, 0.1) is 26.6 Å². The molecule has 2 aliphatic heterocycles. The summed E-state index contributed by atoms with van der Waals surface area (Å²) in [7, 11) is 0. The maximum atomic E-state index is 13.8. The second-order valence-corrected chi connectivity index (χ2v) is 10.7. The number of piperidine rings is 1. The van der Waals surface area contributed by atoms with Crippen LogP contribution in [0.25, 0.3) is 16.9 Å². The topological polar surface area (TPSA) is 67.2 Å². The van der Waals surface area contributed by atoms with Crippen molar-refractivity contribution in [1.29, 1.82) is 0 Å². The van der Waals surface area contributed by atoms with E-state index in [0.29, 0.717) is 45.7 Å². The standard InChI is InChI=1S/C25H26F3IN6O/c1-16-22(24(36)33-10-7-19(8-11-33)34-9-3-6-21(34)29)23(17-13-30-15-31-14-17)32-35(16)20-5-2-4-18(12-20)25(26,27)28/h2,4-5,12-15,19,21H,3,6-11H2,1H3/t21-/m0/s1. The van der Waals surface area contributed by atoms with Gasteiger partial charge >= 0.3 is 6.18 Å².